The quantitative estimate of drug-likeness (QED) is 0.568. The lowest BCUT2D eigenvalue weighted by atomic mass is 10.3. The van der Waals surface area contributed by atoms with E-state index in [9.17, 15) is 4.79 Å². The van der Waals surface area contributed by atoms with Crippen LogP contribution < -0.4 is 0 Å². The second-order valence-electron chi connectivity index (χ2n) is 4.53. The summed E-state index contributed by atoms with van der Waals surface area (Å²) in [6, 6.07) is 10.1. The zero-order valence-corrected chi connectivity index (χ0v) is 12.3. The lowest BCUT2D eigenvalue weighted by Crippen LogP contribution is -1.78. The molecule has 0 radical (unpaired) electrons. The Morgan fingerprint density at radius 2 is 1.54 bits per heavy atom. The Morgan fingerprint density at radius 3 is 2.00 bits per heavy atom. The number of hydrogen-bond acceptors (Lipinski definition) is 8. The van der Waals surface area contributed by atoms with Crippen LogP contribution in [0.2, 0.25) is 0 Å². The van der Waals surface area contributed by atoms with Crippen molar-refractivity contribution in [1.82, 2.24) is 10.3 Å². The molecular formula is C16H12N2O6. The molecule has 8 nitrogen and oxygen atoms in total. The van der Waals surface area contributed by atoms with Crippen molar-refractivity contribution in [1.29, 1.82) is 0 Å². The van der Waals surface area contributed by atoms with E-state index in [0.29, 0.717) is 35.0 Å². The molecule has 24 heavy (non-hydrogen) atoms. The fourth-order valence-electron chi connectivity index (χ4n) is 1.80. The summed E-state index contributed by atoms with van der Waals surface area (Å²) in [5.41, 5.74) is 0.766. The van der Waals surface area contributed by atoms with Crippen molar-refractivity contribution < 1.29 is 27.8 Å². The van der Waals surface area contributed by atoms with E-state index >= 15 is 0 Å². The number of furan rings is 2. The van der Waals surface area contributed by atoms with Crippen molar-refractivity contribution in [3.05, 3.63) is 60.3 Å². The number of rotatable bonds is 4. The van der Waals surface area contributed by atoms with Crippen molar-refractivity contribution >= 4 is 6.29 Å². The van der Waals surface area contributed by atoms with Gasteiger partial charge in [0.1, 0.15) is 11.4 Å². The molecule has 0 aliphatic heterocycles. The molecule has 0 spiro atoms. The Labute approximate surface area is 135 Å². The summed E-state index contributed by atoms with van der Waals surface area (Å²) < 4.78 is 19.8. The monoisotopic (exact) mass is 328 g/mol. The zero-order chi connectivity index (χ0) is 16.8. The SMILES string of the molecule is O=Cc1cc(-c2ccco2)on1.OCc1cc(-c2ccco2)on1. The van der Waals surface area contributed by atoms with Gasteiger partial charge in [0, 0.05) is 12.1 Å². The predicted molar refractivity (Wildman–Crippen MR) is 79.7 cm³/mol. The molecule has 0 amide bonds. The van der Waals surface area contributed by atoms with Gasteiger partial charge in [0.05, 0.1) is 19.1 Å². The minimum absolute atomic E-state index is 0.121. The highest BCUT2D eigenvalue weighted by Gasteiger charge is 2.08. The maximum absolute atomic E-state index is 10.2. The number of aliphatic hydroxyl groups excluding tert-OH is 1. The van der Waals surface area contributed by atoms with Gasteiger partial charge in [0.25, 0.3) is 0 Å². The molecule has 0 unspecified atom stereocenters. The van der Waals surface area contributed by atoms with Crippen molar-refractivity contribution in [2.75, 3.05) is 0 Å². The smallest absolute Gasteiger partial charge is 0.202 e. The Morgan fingerprint density at radius 1 is 0.917 bits per heavy atom. The third-order valence-corrected chi connectivity index (χ3v) is 2.90. The summed E-state index contributed by atoms with van der Waals surface area (Å²) in [6.45, 7) is -0.121. The van der Waals surface area contributed by atoms with Crippen LogP contribution in [-0.4, -0.2) is 21.7 Å². The van der Waals surface area contributed by atoms with Crippen molar-refractivity contribution in [3.63, 3.8) is 0 Å². The van der Waals surface area contributed by atoms with E-state index in [-0.39, 0.29) is 12.3 Å². The van der Waals surface area contributed by atoms with Crippen LogP contribution in [0.5, 0.6) is 0 Å². The molecule has 0 bridgehead atoms. The minimum Gasteiger partial charge on any atom is -0.461 e. The number of aliphatic hydroxyl groups is 1. The van der Waals surface area contributed by atoms with E-state index in [1.807, 2.05) is 0 Å². The first-order valence-corrected chi connectivity index (χ1v) is 6.86. The number of carbonyl (C=O) groups excluding carboxylic acids is 1. The van der Waals surface area contributed by atoms with E-state index in [0.717, 1.165) is 0 Å². The first-order chi connectivity index (χ1) is 11.8. The van der Waals surface area contributed by atoms with Crippen LogP contribution in [0.25, 0.3) is 23.0 Å². The van der Waals surface area contributed by atoms with Gasteiger partial charge < -0.3 is 23.0 Å². The molecule has 0 aromatic carbocycles. The second kappa shape index (κ2) is 7.25. The standard InChI is InChI=1S/C8H7NO3.C8H5NO3/c2*10-5-6-4-8(12-9-6)7-2-1-3-11-7/h1-4,10H,5H2;1-5H. The molecule has 1 N–H and O–H groups in total. The van der Waals surface area contributed by atoms with Gasteiger partial charge in [0.2, 0.25) is 11.5 Å². The van der Waals surface area contributed by atoms with E-state index in [4.69, 9.17) is 23.0 Å². The summed E-state index contributed by atoms with van der Waals surface area (Å²) in [5.74, 6) is 2.17. The van der Waals surface area contributed by atoms with Gasteiger partial charge in [-0.15, -0.1) is 0 Å². The number of hydrogen-bond donors (Lipinski definition) is 1. The van der Waals surface area contributed by atoms with Gasteiger partial charge in [-0.1, -0.05) is 10.3 Å². The molecule has 0 aliphatic carbocycles. The molecule has 0 atom stereocenters. The van der Waals surface area contributed by atoms with Crippen LogP contribution in [0.4, 0.5) is 0 Å². The van der Waals surface area contributed by atoms with Gasteiger partial charge in [-0.25, -0.2) is 0 Å². The van der Waals surface area contributed by atoms with Gasteiger partial charge in [0.15, 0.2) is 17.8 Å². The van der Waals surface area contributed by atoms with Crippen LogP contribution >= 0.6 is 0 Å². The van der Waals surface area contributed by atoms with Crippen LogP contribution in [0.3, 0.4) is 0 Å². The topological polar surface area (TPSA) is 116 Å². The molecule has 0 saturated heterocycles. The van der Waals surface area contributed by atoms with Crippen molar-refractivity contribution in [2.24, 2.45) is 0 Å². The van der Waals surface area contributed by atoms with E-state index in [1.165, 1.54) is 12.3 Å². The average Bonchev–Trinajstić information content (AvgIpc) is 3.43. The maximum atomic E-state index is 10.2. The Bertz CT molecular complexity index is 874. The van der Waals surface area contributed by atoms with Gasteiger partial charge in [-0.05, 0) is 24.3 Å². The zero-order valence-electron chi connectivity index (χ0n) is 12.3. The largest absolute Gasteiger partial charge is 0.461 e. The number of nitrogens with zero attached hydrogens (tertiary/aromatic N) is 2. The molecule has 4 aromatic rings. The number of aromatic nitrogens is 2. The number of aldehydes is 1. The van der Waals surface area contributed by atoms with E-state index in [1.54, 1.807) is 36.6 Å². The Kier molecular flexibility index (Phi) is 4.68. The summed E-state index contributed by atoms with van der Waals surface area (Å²) in [6.07, 6.45) is 3.70. The third kappa shape index (κ3) is 3.50. The molecule has 4 rings (SSSR count). The molecule has 0 fully saturated rings. The summed E-state index contributed by atoms with van der Waals surface area (Å²) >= 11 is 0. The molecule has 122 valence electrons. The maximum Gasteiger partial charge on any atom is 0.202 e. The summed E-state index contributed by atoms with van der Waals surface area (Å²) in [5, 5.41) is 15.8. The van der Waals surface area contributed by atoms with Gasteiger partial charge in [-0.3, -0.25) is 4.79 Å². The molecule has 0 saturated carbocycles. The molecule has 4 heterocycles. The highest BCUT2D eigenvalue weighted by molar-refractivity contribution is 5.73. The Balaban J connectivity index is 0.000000141. The summed E-state index contributed by atoms with van der Waals surface area (Å²) in [7, 11) is 0. The first-order valence-electron chi connectivity index (χ1n) is 6.86. The highest BCUT2D eigenvalue weighted by atomic mass is 16.5. The fraction of sp³-hybridized carbons (Fsp3) is 0.0625. The summed E-state index contributed by atoms with van der Waals surface area (Å²) in [4.78, 5) is 10.2. The minimum atomic E-state index is -0.121. The normalized spacial score (nSPS) is 10.2. The van der Waals surface area contributed by atoms with E-state index in [2.05, 4.69) is 10.3 Å². The van der Waals surface area contributed by atoms with Crippen LogP contribution in [0.15, 0.2) is 66.8 Å². The molecule has 4 aromatic heterocycles. The van der Waals surface area contributed by atoms with Crippen LogP contribution in [-0.2, 0) is 6.61 Å². The van der Waals surface area contributed by atoms with Crippen molar-refractivity contribution in [3.8, 4) is 23.0 Å². The van der Waals surface area contributed by atoms with Crippen LogP contribution in [0.1, 0.15) is 16.2 Å². The van der Waals surface area contributed by atoms with Crippen LogP contribution in [0, 0.1) is 0 Å². The fourth-order valence-corrected chi connectivity index (χ4v) is 1.80. The molecular weight excluding hydrogens is 316 g/mol. The van der Waals surface area contributed by atoms with Gasteiger partial charge >= 0.3 is 0 Å². The lowest BCUT2D eigenvalue weighted by molar-refractivity contribution is 0.111. The van der Waals surface area contributed by atoms with Gasteiger partial charge in [-0.2, -0.15) is 0 Å². The third-order valence-electron chi connectivity index (χ3n) is 2.90. The first kappa shape index (κ1) is 15.5. The van der Waals surface area contributed by atoms with E-state index < -0.39 is 0 Å². The van der Waals surface area contributed by atoms with Crippen molar-refractivity contribution in [2.45, 2.75) is 6.61 Å². The second-order valence-corrected chi connectivity index (χ2v) is 4.53. The lowest BCUT2D eigenvalue weighted by Gasteiger charge is -1.83. The highest BCUT2D eigenvalue weighted by Crippen LogP contribution is 2.20. The molecule has 0 aliphatic rings. The molecule has 8 heteroatoms. The predicted octanol–water partition coefficient (Wildman–Crippen LogP) is 3.17. The average molecular weight is 328 g/mol. The number of carbonyl (C=O) groups is 1. The Hall–Kier alpha value is -3.39.